The van der Waals surface area contributed by atoms with Crippen LogP contribution in [0.25, 0.3) is 33.5 Å². The van der Waals surface area contributed by atoms with Gasteiger partial charge < -0.3 is 28.8 Å². The summed E-state index contributed by atoms with van der Waals surface area (Å²) < 4.78 is 45.4. The summed E-state index contributed by atoms with van der Waals surface area (Å²) in [5.74, 6) is 0.502. The van der Waals surface area contributed by atoms with E-state index < -0.39 is 30.0 Å². The molecule has 0 saturated heterocycles. The van der Waals surface area contributed by atoms with E-state index in [-0.39, 0.29) is 19.3 Å². The summed E-state index contributed by atoms with van der Waals surface area (Å²) in [6.45, 7) is 26.2. The molecule has 11 nitrogen and oxygen atoms in total. The number of benzene rings is 2. The summed E-state index contributed by atoms with van der Waals surface area (Å²) in [5, 5.41) is 13.8. The molecular weight excluding hydrogens is 758 g/mol. The summed E-state index contributed by atoms with van der Waals surface area (Å²) in [7, 11) is -1.90. The number of hydrogen-bond acceptors (Lipinski definition) is 8. The number of anilines is 1. The Kier molecular flexibility index (Phi) is 14.6. The molecule has 0 aliphatic carbocycles. The second-order valence-corrected chi connectivity index (χ2v) is 35.2. The van der Waals surface area contributed by atoms with E-state index in [1.165, 1.54) is 0 Å². The lowest BCUT2D eigenvalue weighted by Gasteiger charge is -2.16. The number of hydrogen-bond donors (Lipinski definition) is 1. The van der Waals surface area contributed by atoms with Crippen LogP contribution in [0.3, 0.4) is 0 Å². The lowest BCUT2D eigenvalue weighted by atomic mass is 9.96. The first-order valence-electron chi connectivity index (χ1n) is 19.9. The van der Waals surface area contributed by atoms with Crippen molar-refractivity contribution in [3.05, 3.63) is 66.0 Å². The molecule has 56 heavy (non-hydrogen) atoms. The average molecular weight is 822 g/mol. The largest absolute Gasteiger partial charge is 0.464 e. The maximum Gasteiger partial charge on any atom is 0.189 e. The highest BCUT2D eigenvalue weighted by Gasteiger charge is 2.22. The number of fused-ring (bicyclic) bond motifs is 1. The van der Waals surface area contributed by atoms with Crippen molar-refractivity contribution in [2.75, 3.05) is 31.9 Å². The average Bonchev–Trinajstić information content (AvgIpc) is 3.82. The maximum atomic E-state index is 15.6. The third-order valence-corrected chi connectivity index (χ3v) is 14.7. The molecule has 15 heteroatoms. The number of rotatable bonds is 22. The van der Waals surface area contributed by atoms with E-state index in [2.05, 4.69) is 93.0 Å². The van der Waals surface area contributed by atoms with Gasteiger partial charge in [-0.25, -0.2) is 14.1 Å². The lowest BCUT2D eigenvalue weighted by Crippen LogP contribution is -2.22. The smallest absolute Gasteiger partial charge is 0.189 e. The molecule has 3 aromatic heterocycles. The maximum absolute atomic E-state index is 15.6. The normalized spacial score (nSPS) is 12.6. The zero-order valence-corrected chi connectivity index (χ0v) is 38.6. The SMILES string of the molecule is CCc1cc(OCOCC[Si](C)(C)C)c(F)cc1-c1ccc2c(-c3nc(CNc4cnn(C)c4)cn3COCC[Si](C)(C)C)nn(COCC[Si](C)(C)C)c2c1. The Morgan fingerprint density at radius 3 is 2.09 bits per heavy atom. The van der Waals surface area contributed by atoms with Crippen molar-refractivity contribution < 1.29 is 23.3 Å². The summed E-state index contributed by atoms with van der Waals surface area (Å²) in [5.41, 5.74) is 6.08. The molecule has 0 aliphatic heterocycles. The van der Waals surface area contributed by atoms with Gasteiger partial charge in [0.25, 0.3) is 0 Å². The van der Waals surface area contributed by atoms with Crippen molar-refractivity contribution in [3.63, 3.8) is 0 Å². The number of nitrogens with zero attached hydrogens (tertiary/aromatic N) is 6. The van der Waals surface area contributed by atoms with E-state index in [1.807, 2.05) is 30.2 Å². The highest BCUT2D eigenvalue weighted by atomic mass is 28.3. The molecule has 0 unspecified atom stereocenters. The first-order valence-corrected chi connectivity index (χ1v) is 31.0. The molecule has 1 N–H and O–H groups in total. The van der Waals surface area contributed by atoms with Gasteiger partial charge in [0.2, 0.25) is 0 Å². The third kappa shape index (κ3) is 12.7. The zero-order chi connectivity index (χ0) is 40.7. The van der Waals surface area contributed by atoms with Gasteiger partial charge in [-0.3, -0.25) is 4.68 Å². The van der Waals surface area contributed by atoms with Crippen molar-refractivity contribution in [1.29, 1.82) is 0 Å². The van der Waals surface area contributed by atoms with E-state index in [4.69, 9.17) is 29.0 Å². The Hall–Kier alpha value is -3.61. The molecule has 0 amide bonds. The molecule has 0 aliphatic rings. The van der Waals surface area contributed by atoms with E-state index in [0.29, 0.717) is 45.3 Å². The number of aromatic nitrogens is 6. The van der Waals surface area contributed by atoms with Crippen LogP contribution in [0.1, 0.15) is 18.2 Å². The number of aryl methyl sites for hydroxylation is 2. The van der Waals surface area contributed by atoms with Gasteiger partial charge in [0.05, 0.1) is 29.6 Å². The van der Waals surface area contributed by atoms with Gasteiger partial charge in [-0.2, -0.15) is 10.2 Å². The van der Waals surface area contributed by atoms with Crippen LogP contribution in [-0.2, 0) is 47.7 Å². The summed E-state index contributed by atoms with van der Waals surface area (Å²) >= 11 is 0. The molecule has 0 radical (unpaired) electrons. The molecule has 0 bridgehead atoms. The van der Waals surface area contributed by atoms with Crippen molar-refractivity contribution in [1.82, 2.24) is 29.1 Å². The lowest BCUT2D eigenvalue weighted by molar-refractivity contribution is 0.0197. The highest BCUT2D eigenvalue weighted by Crippen LogP contribution is 2.35. The predicted octanol–water partition coefficient (Wildman–Crippen LogP) is 9.93. The van der Waals surface area contributed by atoms with E-state index >= 15 is 4.39 Å². The summed E-state index contributed by atoms with van der Waals surface area (Å²) in [6, 6.07) is 12.7. The highest BCUT2D eigenvalue weighted by molar-refractivity contribution is 6.76. The molecule has 0 saturated carbocycles. The molecule has 2 aromatic carbocycles. The van der Waals surface area contributed by atoms with Crippen molar-refractivity contribution >= 4 is 40.8 Å². The van der Waals surface area contributed by atoms with Crippen LogP contribution in [-0.4, -0.2) is 79.9 Å². The van der Waals surface area contributed by atoms with Crippen molar-refractivity contribution in [3.8, 4) is 28.4 Å². The molecule has 5 aromatic rings. The van der Waals surface area contributed by atoms with Crippen LogP contribution >= 0.6 is 0 Å². The molecule has 0 atom stereocenters. The fourth-order valence-corrected chi connectivity index (χ4v) is 8.30. The Balaban J connectivity index is 1.49. The molecule has 0 fully saturated rings. The van der Waals surface area contributed by atoms with Crippen molar-refractivity contribution in [2.45, 2.75) is 110 Å². The Labute approximate surface area is 335 Å². The first-order chi connectivity index (χ1) is 26.4. The second kappa shape index (κ2) is 18.8. The van der Waals surface area contributed by atoms with Gasteiger partial charge in [-0.1, -0.05) is 71.9 Å². The zero-order valence-electron chi connectivity index (χ0n) is 35.6. The Morgan fingerprint density at radius 2 is 1.46 bits per heavy atom. The minimum atomic E-state index is -1.30. The number of imidazole rings is 1. The van der Waals surface area contributed by atoms with E-state index in [1.54, 1.807) is 23.0 Å². The topological polar surface area (TPSA) is 102 Å². The molecule has 306 valence electrons. The Morgan fingerprint density at radius 1 is 0.804 bits per heavy atom. The summed E-state index contributed by atoms with van der Waals surface area (Å²) in [4.78, 5) is 5.12. The van der Waals surface area contributed by atoms with Crippen LogP contribution in [0.2, 0.25) is 77.1 Å². The van der Waals surface area contributed by atoms with E-state index in [0.717, 1.165) is 62.8 Å². The summed E-state index contributed by atoms with van der Waals surface area (Å²) in [6.07, 6.45) is 6.48. The number of ether oxygens (including phenoxy) is 4. The quantitative estimate of drug-likeness (QED) is 0.0419. The van der Waals surface area contributed by atoms with Crippen LogP contribution in [0, 0.1) is 5.82 Å². The Bertz CT molecular complexity index is 2040. The first kappa shape index (κ1) is 43.5. The van der Waals surface area contributed by atoms with Gasteiger partial charge in [0, 0.05) is 68.9 Å². The third-order valence-electron chi connectivity index (χ3n) is 9.55. The standard InChI is InChI=1S/C41H64FN7O4Si3/c1-12-31-22-39(53-30-52-17-20-56(9,10)11)37(42)23-36(31)32-13-14-35-38(21-32)49(29-51-16-19-55(6,7)8)46-40(35)41-45-34(24-43-33-25-44-47(2)26-33)27-48(41)28-50-15-18-54(3,4)5/h13-14,21-23,25-27,43H,12,15-20,24,28-30H2,1-11H3. The number of halogens is 1. The molecule has 3 heterocycles. The minimum absolute atomic E-state index is 0.0237. The minimum Gasteiger partial charge on any atom is -0.464 e. The van der Waals surface area contributed by atoms with Gasteiger partial charge in [-0.15, -0.1) is 0 Å². The van der Waals surface area contributed by atoms with Gasteiger partial charge in [-0.05, 0) is 65.5 Å². The van der Waals surface area contributed by atoms with Gasteiger partial charge in [0.1, 0.15) is 19.2 Å². The van der Waals surface area contributed by atoms with Crippen LogP contribution in [0.5, 0.6) is 5.75 Å². The van der Waals surface area contributed by atoms with Gasteiger partial charge >= 0.3 is 0 Å². The fraction of sp³-hybridized carbons (Fsp3) is 0.537. The molecule has 0 spiro atoms. The molecule has 5 rings (SSSR count). The fourth-order valence-electron chi connectivity index (χ4n) is 6.03. The van der Waals surface area contributed by atoms with Gasteiger partial charge in [0.15, 0.2) is 24.2 Å². The second-order valence-electron chi connectivity index (χ2n) is 18.3. The van der Waals surface area contributed by atoms with Crippen LogP contribution < -0.4 is 10.1 Å². The van der Waals surface area contributed by atoms with Crippen LogP contribution in [0.15, 0.2) is 48.9 Å². The monoisotopic (exact) mass is 821 g/mol. The predicted molar refractivity (Wildman–Crippen MR) is 234 cm³/mol. The number of nitrogens with one attached hydrogen (secondary N) is 1. The van der Waals surface area contributed by atoms with E-state index in [9.17, 15) is 0 Å². The van der Waals surface area contributed by atoms with Crippen molar-refractivity contribution in [2.24, 2.45) is 7.05 Å². The molecular formula is C41H64FN7O4Si3. The van der Waals surface area contributed by atoms with Crippen LogP contribution in [0.4, 0.5) is 10.1 Å².